The maximum absolute atomic E-state index is 4.51. The summed E-state index contributed by atoms with van der Waals surface area (Å²) in [6.07, 6.45) is 6.60. The summed E-state index contributed by atoms with van der Waals surface area (Å²) < 4.78 is 2.21. The summed E-state index contributed by atoms with van der Waals surface area (Å²) in [5, 5.41) is 3.41. The topological polar surface area (TPSA) is 58.9 Å². The van der Waals surface area contributed by atoms with Crippen LogP contribution < -0.4 is 10.2 Å². The van der Waals surface area contributed by atoms with Gasteiger partial charge in [0.1, 0.15) is 18.0 Å². The van der Waals surface area contributed by atoms with Gasteiger partial charge in [0.2, 0.25) is 0 Å². The third-order valence-corrected chi connectivity index (χ3v) is 3.90. The highest BCUT2D eigenvalue weighted by atomic mass is 15.3. The number of nitrogens with one attached hydrogen (secondary N) is 1. The molecule has 0 aliphatic carbocycles. The van der Waals surface area contributed by atoms with Gasteiger partial charge in [0.25, 0.3) is 0 Å². The van der Waals surface area contributed by atoms with Gasteiger partial charge in [-0.1, -0.05) is 0 Å². The van der Waals surface area contributed by atoms with Crippen LogP contribution in [0, 0.1) is 0 Å². The zero-order valence-electron chi connectivity index (χ0n) is 10.7. The summed E-state index contributed by atoms with van der Waals surface area (Å²) in [6.45, 7) is 4.66. The molecule has 0 fully saturated rings. The maximum Gasteiger partial charge on any atom is 0.137 e. The predicted molar refractivity (Wildman–Crippen MR) is 70.7 cm³/mol. The average molecular weight is 256 g/mol. The molecule has 0 unspecified atom stereocenters. The third-order valence-electron chi connectivity index (χ3n) is 3.90. The smallest absolute Gasteiger partial charge is 0.137 e. The molecular weight excluding hydrogens is 240 g/mol. The van der Waals surface area contributed by atoms with E-state index >= 15 is 0 Å². The lowest BCUT2D eigenvalue weighted by atomic mass is 10.1. The Morgan fingerprint density at radius 2 is 2.16 bits per heavy atom. The van der Waals surface area contributed by atoms with Crippen molar-refractivity contribution in [2.45, 2.75) is 26.1 Å². The fourth-order valence-electron chi connectivity index (χ4n) is 2.88. The van der Waals surface area contributed by atoms with Crippen LogP contribution in [-0.2, 0) is 26.1 Å². The van der Waals surface area contributed by atoms with Crippen molar-refractivity contribution in [1.29, 1.82) is 0 Å². The third kappa shape index (κ3) is 1.79. The molecule has 0 atom stereocenters. The van der Waals surface area contributed by atoms with E-state index in [2.05, 4.69) is 29.7 Å². The SMILES string of the molecule is c1nc2c(c(N3CCn4ccnc4C3)n1)CNCC2. The van der Waals surface area contributed by atoms with Gasteiger partial charge in [-0.25, -0.2) is 15.0 Å². The van der Waals surface area contributed by atoms with E-state index in [1.807, 2.05) is 12.4 Å². The first-order valence-electron chi connectivity index (χ1n) is 6.70. The number of rotatable bonds is 1. The van der Waals surface area contributed by atoms with Crippen LogP contribution in [-0.4, -0.2) is 32.6 Å². The summed E-state index contributed by atoms with van der Waals surface area (Å²) in [4.78, 5) is 15.6. The van der Waals surface area contributed by atoms with Crippen molar-refractivity contribution in [1.82, 2.24) is 24.8 Å². The zero-order valence-corrected chi connectivity index (χ0v) is 10.7. The number of aromatic nitrogens is 4. The molecule has 1 N–H and O–H groups in total. The lowest BCUT2D eigenvalue weighted by Gasteiger charge is -2.31. The molecule has 4 rings (SSSR count). The molecule has 19 heavy (non-hydrogen) atoms. The first kappa shape index (κ1) is 10.9. The summed E-state index contributed by atoms with van der Waals surface area (Å²) in [7, 11) is 0. The highest BCUT2D eigenvalue weighted by Gasteiger charge is 2.23. The van der Waals surface area contributed by atoms with E-state index in [4.69, 9.17) is 0 Å². The Labute approximate surface area is 111 Å². The first-order chi connectivity index (χ1) is 9.42. The molecule has 6 nitrogen and oxygen atoms in total. The van der Waals surface area contributed by atoms with Gasteiger partial charge in [0.15, 0.2) is 0 Å². The fraction of sp³-hybridized carbons (Fsp3) is 0.462. The molecule has 0 amide bonds. The monoisotopic (exact) mass is 256 g/mol. The van der Waals surface area contributed by atoms with E-state index in [-0.39, 0.29) is 0 Å². The highest BCUT2D eigenvalue weighted by Crippen LogP contribution is 2.25. The summed E-state index contributed by atoms with van der Waals surface area (Å²) in [5.41, 5.74) is 2.45. The molecule has 0 radical (unpaired) electrons. The van der Waals surface area contributed by atoms with Gasteiger partial charge in [0.05, 0.1) is 12.2 Å². The van der Waals surface area contributed by atoms with E-state index < -0.39 is 0 Å². The molecule has 0 spiro atoms. The predicted octanol–water partition coefficient (Wildman–Crippen LogP) is 0.339. The van der Waals surface area contributed by atoms with Gasteiger partial charge in [-0.05, 0) is 0 Å². The molecule has 0 aromatic carbocycles. The Morgan fingerprint density at radius 1 is 1.16 bits per heavy atom. The van der Waals surface area contributed by atoms with Gasteiger partial charge in [-0.3, -0.25) is 0 Å². The van der Waals surface area contributed by atoms with Crippen LogP contribution in [0.15, 0.2) is 18.7 Å². The van der Waals surface area contributed by atoms with Crippen molar-refractivity contribution in [3.63, 3.8) is 0 Å². The highest BCUT2D eigenvalue weighted by molar-refractivity contribution is 5.49. The standard InChI is InChI=1S/C13H16N6/c1-2-14-7-10-11(1)16-9-17-13(10)19-6-5-18-4-3-15-12(18)8-19/h3-4,9,14H,1-2,5-8H2. The molecule has 2 aliphatic rings. The molecule has 98 valence electrons. The second-order valence-corrected chi connectivity index (χ2v) is 5.01. The fourth-order valence-corrected chi connectivity index (χ4v) is 2.88. The molecule has 0 saturated carbocycles. The number of hydrogen-bond donors (Lipinski definition) is 1. The number of hydrogen-bond acceptors (Lipinski definition) is 5. The van der Waals surface area contributed by atoms with Crippen molar-refractivity contribution >= 4 is 5.82 Å². The minimum absolute atomic E-state index is 0.830. The molecule has 6 heteroatoms. The molecule has 0 saturated heterocycles. The van der Waals surface area contributed by atoms with E-state index in [1.54, 1.807) is 6.33 Å². The Morgan fingerprint density at radius 3 is 3.16 bits per heavy atom. The van der Waals surface area contributed by atoms with Crippen molar-refractivity contribution in [3.8, 4) is 0 Å². The summed E-state index contributed by atoms with van der Waals surface area (Å²) in [5.74, 6) is 2.19. The van der Waals surface area contributed by atoms with Crippen LogP contribution >= 0.6 is 0 Å². The van der Waals surface area contributed by atoms with Crippen LogP contribution in [0.3, 0.4) is 0 Å². The summed E-state index contributed by atoms with van der Waals surface area (Å²) >= 11 is 0. The lowest BCUT2D eigenvalue weighted by molar-refractivity contribution is 0.547. The molecule has 2 aromatic rings. The Bertz CT molecular complexity index is 605. The molecule has 4 heterocycles. The molecule has 2 aliphatic heterocycles. The van der Waals surface area contributed by atoms with Crippen LogP contribution in [0.4, 0.5) is 5.82 Å². The minimum Gasteiger partial charge on any atom is -0.347 e. The van der Waals surface area contributed by atoms with Crippen LogP contribution in [0.5, 0.6) is 0 Å². The van der Waals surface area contributed by atoms with Crippen molar-refractivity contribution < 1.29 is 0 Å². The number of fused-ring (bicyclic) bond motifs is 2. The summed E-state index contributed by atoms with van der Waals surface area (Å²) in [6, 6.07) is 0. The molecular formula is C13H16N6. The maximum atomic E-state index is 4.51. The second kappa shape index (κ2) is 4.31. The number of nitrogens with zero attached hydrogens (tertiary/aromatic N) is 5. The van der Waals surface area contributed by atoms with Crippen molar-refractivity contribution in [2.24, 2.45) is 0 Å². The Balaban J connectivity index is 1.70. The van der Waals surface area contributed by atoms with Gasteiger partial charge < -0.3 is 14.8 Å². The van der Waals surface area contributed by atoms with Crippen LogP contribution in [0.1, 0.15) is 17.1 Å². The lowest BCUT2D eigenvalue weighted by Crippen LogP contribution is -2.36. The van der Waals surface area contributed by atoms with Crippen LogP contribution in [0.25, 0.3) is 0 Å². The van der Waals surface area contributed by atoms with Crippen molar-refractivity contribution in [3.05, 3.63) is 35.8 Å². The Hall–Kier alpha value is -1.95. The average Bonchev–Trinajstić information content (AvgIpc) is 2.94. The van der Waals surface area contributed by atoms with Gasteiger partial charge >= 0.3 is 0 Å². The Kier molecular flexibility index (Phi) is 2.48. The second-order valence-electron chi connectivity index (χ2n) is 5.01. The normalized spacial score (nSPS) is 18.0. The number of imidazole rings is 1. The van der Waals surface area contributed by atoms with E-state index in [9.17, 15) is 0 Å². The van der Waals surface area contributed by atoms with E-state index in [1.165, 1.54) is 11.3 Å². The largest absolute Gasteiger partial charge is 0.347 e. The van der Waals surface area contributed by atoms with Gasteiger partial charge in [0, 0.05) is 50.6 Å². The molecule has 0 bridgehead atoms. The van der Waals surface area contributed by atoms with Gasteiger partial charge in [-0.15, -0.1) is 0 Å². The van der Waals surface area contributed by atoms with Crippen LogP contribution in [0.2, 0.25) is 0 Å². The van der Waals surface area contributed by atoms with E-state index in [0.29, 0.717) is 0 Å². The quantitative estimate of drug-likeness (QED) is 0.797. The first-order valence-corrected chi connectivity index (χ1v) is 6.70. The van der Waals surface area contributed by atoms with Crippen molar-refractivity contribution in [2.75, 3.05) is 18.0 Å². The minimum atomic E-state index is 0.830. The molecule has 2 aromatic heterocycles. The van der Waals surface area contributed by atoms with E-state index in [0.717, 1.165) is 50.8 Å². The van der Waals surface area contributed by atoms with Gasteiger partial charge in [-0.2, -0.15) is 0 Å². The number of anilines is 1. The zero-order chi connectivity index (χ0) is 12.7.